The second-order valence-electron chi connectivity index (χ2n) is 6.63. The first-order valence-electron chi connectivity index (χ1n) is 8.64. The second kappa shape index (κ2) is 6.56. The predicted octanol–water partition coefficient (Wildman–Crippen LogP) is 6.34. The zero-order valence-corrected chi connectivity index (χ0v) is 15.1. The van der Waals surface area contributed by atoms with Gasteiger partial charge in [-0.25, -0.2) is 4.98 Å². The molecular weight excluding hydrogens is 320 g/mol. The summed E-state index contributed by atoms with van der Waals surface area (Å²) in [5, 5.41) is 9.07. The van der Waals surface area contributed by atoms with Gasteiger partial charge in [0.15, 0.2) is 5.82 Å². The topological polar surface area (TPSA) is 42.0 Å². The molecular formula is C22H20N4. The van der Waals surface area contributed by atoms with Crippen LogP contribution in [0.5, 0.6) is 0 Å². The number of benzene rings is 2. The van der Waals surface area contributed by atoms with Gasteiger partial charge in [0, 0.05) is 11.8 Å². The SMILES string of the molecule is Cc1cc(C)cc(N=Nc2c(-c3ccccc3)nc3cc(C)ccn23)c1. The molecule has 0 radical (unpaired) electrons. The number of imidazole rings is 1. The lowest BCUT2D eigenvalue weighted by Gasteiger charge is -2.01. The van der Waals surface area contributed by atoms with E-state index in [1.54, 1.807) is 0 Å². The molecule has 0 aliphatic heterocycles. The van der Waals surface area contributed by atoms with E-state index in [4.69, 9.17) is 4.98 Å². The Bertz CT molecular complexity index is 1090. The number of hydrogen-bond acceptors (Lipinski definition) is 3. The Morgan fingerprint density at radius 1 is 0.769 bits per heavy atom. The zero-order chi connectivity index (χ0) is 18.1. The molecule has 0 aliphatic rings. The van der Waals surface area contributed by atoms with E-state index in [0.717, 1.165) is 28.4 Å². The molecule has 0 amide bonds. The number of hydrogen-bond donors (Lipinski definition) is 0. The molecule has 0 unspecified atom stereocenters. The Hall–Kier alpha value is -3.27. The molecule has 4 heteroatoms. The first-order valence-corrected chi connectivity index (χ1v) is 8.64. The molecule has 0 bridgehead atoms. The van der Waals surface area contributed by atoms with E-state index in [9.17, 15) is 0 Å². The number of aryl methyl sites for hydroxylation is 3. The van der Waals surface area contributed by atoms with Gasteiger partial charge in [-0.05, 0) is 61.7 Å². The zero-order valence-electron chi connectivity index (χ0n) is 15.1. The first kappa shape index (κ1) is 16.2. The quantitative estimate of drug-likeness (QED) is 0.401. The summed E-state index contributed by atoms with van der Waals surface area (Å²) in [5.41, 5.74) is 7.11. The number of pyridine rings is 1. The average molecular weight is 340 g/mol. The molecule has 0 aliphatic carbocycles. The minimum atomic E-state index is 0.741. The molecule has 4 aromatic rings. The molecule has 2 aromatic carbocycles. The molecule has 2 aromatic heterocycles. The number of nitrogens with zero attached hydrogens (tertiary/aromatic N) is 4. The Morgan fingerprint density at radius 3 is 2.23 bits per heavy atom. The summed E-state index contributed by atoms with van der Waals surface area (Å²) in [6.45, 7) is 6.20. The minimum Gasteiger partial charge on any atom is -0.283 e. The van der Waals surface area contributed by atoms with Crippen LogP contribution in [0.2, 0.25) is 0 Å². The van der Waals surface area contributed by atoms with Crippen LogP contribution in [0.1, 0.15) is 16.7 Å². The highest BCUT2D eigenvalue weighted by Crippen LogP contribution is 2.32. The number of fused-ring (bicyclic) bond motifs is 1. The van der Waals surface area contributed by atoms with Crippen molar-refractivity contribution in [3.05, 3.63) is 83.6 Å². The normalized spacial score (nSPS) is 11.5. The van der Waals surface area contributed by atoms with Gasteiger partial charge in [0.05, 0.1) is 5.69 Å². The van der Waals surface area contributed by atoms with Crippen LogP contribution in [0.25, 0.3) is 16.9 Å². The van der Waals surface area contributed by atoms with Crippen molar-refractivity contribution in [3.8, 4) is 11.3 Å². The van der Waals surface area contributed by atoms with Gasteiger partial charge in [0.1, 0.15) is 11.3 Å². The fourth-order valence-corrected chi connectivity index (χ4v) is 3.13. The lowest BCUT2D eigenvalue weighted by Crippen LogP contribution is -1.84. The highest BCUT2D eigenvalue weighted by molar-refractivity contribution is 5.74. The number of aromatic nitrogens is 2. The third-order valence-corrected chi connectivity index (χ3v) is 4.27. The summed E-state index contributed by atoms with van der Waals surface area (Å²) in [4.78, 5) is 4.80. The molecule has 0 atom stereocenters. The van der Waals surface area contributed by atoms with E-state index in [1.807, 2.05) is 53.1 Å². The Labute approximate surface area is 152 Å². The largest absolute Gasteiger partial charge is 0.283 e. The van der Waals surface area contributed by atoms with Crippen molar-refractivity contribution in [1.82, 2.24) is 9.38 Å². The molecule has 0 saturated carbocycles. The van der Waals surface area contributed by atoms with E-state index in [-0.39, 0.29) is 0 Å². The second-order valence-corrected chi connectivity index (χ2v) is 6.63. The Kier molecular flexibility index (Phi) is 4.09. The van der Waals surface area contributed by atoms with Gasteiger partial charge < -0.3 is 0 Å². The van der Waals surface area contributed by atoms with Gasteiger partial charge in [-0.1, -0.05) is 36.4 Å². The number of rotatable bonds is 3. The van der Waals surface area contributed by atoms with Crippen LogP contribution in [-0.4, -0.2) is 9.38 Å². The summed E-state index contributed by atoms with van der Waals surface area (Å²) in [6, 6.07) is 20.4. The van der Waals surface area contributed by atoms with Crippen molar-refractivity contribution in [2.24, 2.45) is 10.2 Å². The fraction of sp³-hybridized carbons (Fsp3) is 0.136. The van der Waals surface area contributed by atoms with Crippen molar-refractivity contribution >= 4 is 17.2 Å². The van der Waals surface area contributed by atoms with Crippen LogP contribution >= 0.6 is 0 Å². The average Bonchev–Trinajstić information content (AvgIpc) is 2.97. The Balaban J connectivity index is 1.88. The predicted molar refractivity (Wildman–Crippen MR) is 105 cm³/mol. The van der Waals surface area contributed by atoms with Crippen LogP contribution in [0.3, 0.4) is 0 Å². The Morgan fingerprint density at radius 2 is 1.50 bits per heavy atom. The maximum Gasteiger partial charge on any atom is 0.187 e. The maximum atomic E-state index is 4.80. The van der Waals surface area contributed by atoms with Crippen molar-refractivity contribution < 1.29 is 0 Å². The maximum absolute atomic E-state index is 4.80. The summed E-state index contributed by atoms with van der Waals surface area (Å²) < 4.78 is 1.99. The highest BCUT2D eigenvalue weighted by atomic mass is 15.2. The molecule has 4 nitrogen and oxygen atoms in total. The van der Waals surface area contributed by atoms with Crippen LogP contribution in [-0.2, 0) is 0 Å². The molecule has 0 N–H and O–H groups in total. The minimum absolute atomic E-state index is 0.741. The van der Waals surface area contributed by atoms with Gasteiger partial charge in [0.25, 0.3) is 0 Å². The monoisotopic (exact) mass is 340 g/mol. The summed E-state index contributed by atoms with van der Waals surface area (Å²) in [5.74, 6) is 0.741. The molecule has 0 fully saturated rings. The number of azo groups is 1. The van der Waals surface area contributed by atoms with Gasteiger partial charge in [-0.3, -0.25) is 4.40 Å². The molecule has 26 heavy (non-hydrogen) atoms. The van der Waals surface area contributed by atoms with Crippen LogP contribution in [0.15, 0.2) is 77.1 Å². The van der Waals surface area contributed by atoms with Crippen molar-refractivity contribution in [2.45, 2.75) is 20.8 Å². The lowest BCUT2D eigenvalue weighted by atomic mass is 10.1. The third kappa shape index (κ3) is 3.14. The molecule has 4 rings (SSSR count). The van der Waals surface area contributed by atoms with Gasteiger partial charge in [0.2, 0.25) is 0 Å². The fourth-order valence-electron chi connectivity index (χ4n) is 3.13. The molecule has 0 saturated heterocycles. The highest BCUT2D eigenvalue weighted by Gasteiger charge is 2.14. The van der Waals surface area contributed by atoms with E-state index < -0.39 is 0 Å². The van der Waals surface area contributed by atoms with Gasteiger partial charge in [-0.2, -0.15) is 0 Å². The summed E-state index contributed by atoms with van der Waals surface area (Å²) >= 11 is 0. The van der Waals surface area contributed by atoms with E-state index in [0.29, 0.717) is 0 Å². The van der Waals surface area contributed by atoms with E-state index >= 15 is 0 Å². The van der Waals surface area contributed by atoms with E-state index in [1.165, 1.54) is 16.7 Å². The third-order valence-electron chi connectivity index (χ3n) is 4.27. The van der Waals surface area contributed by atoms with Crippen LogP contribution in [0.4, 0.5) is 11.5 Å². The molecule has 2 heterocycles. The van der Waals surface area contributed by atoms with Gasteiger partial charge in [-0.15, -0.1) is 10.2 Å². The lowest BCUT2D eigenvalue weighted by molar-refractivity contribution is 1.10. The van der Waals surface area contributed by atoms with Crippen molar-refractivity contribution in [1.29, 1.82) is 0 Å². The van der Waals surface area contributed by atoms with Gasteiger partial charge >= 0.3 is 0 Å². The summed E-state index contributed by atoms with van der Waals surface area (Å²) in [6.07, 6.45) is 2.00. The molecule has 0 spiro atoms. The van der Waals surface area contributed by atoms with Crippen LogP contribution in [0, 0.1) is 20.8 Å². The smallest absolute Gasteiger partial charge is 0.187 e. The summed E-state index contributed by atoms with van der Waals surface area (Å²) in [7, 11) is 0. The van der Waals surface area contributed by atoms with Crippen molar-refractivity contribution in [3.63, 3.8) is 0 Å². The first-order chi connectivity index (χ1) is 12.6. The standard InChI is InChI=1S/C22H20N4/c1-15-9-10-26-20(14-15)23-21(18-7-5-4-6-8-18)22(26)25-24-19-12-16(2)11-17(3)13-19/h4-14H,1-3H3. The van der Waals surface area contributed by atoms with Crippen LogP contribution < -0.4 is 0 Å². The molecule has 128 valence electrons. The van der Waals surface area contributed by atoms with E-state index in [2.05, 4.69) is 49.2 Å². The van der Waals surface area contributed by atoms with Crippen molar-refractivity contribution in [2.75, 3.05) is 0 Å².